The Balaban J connectivity index is 2.60. The minimum absolute atomic E-state index is 0.0370. The predicted octanol–water partition coefficient (Wildman–Crippen LogP) is 3.30. The first-order chi connectivity index (χ1) is 6.89. The van der Waals surface area contributed by atoms with E-state index in [1.54, 1.807) is 11.4 Å². The van der Waals surface area contributed by atoms with Gasteiger partial charge in [0, 0.05) is 11.4 Å². The van der Waals surface area contributed by atoms with Crippen molar-refractivity contribution in [2.75, 3.05) is 7.05 Å². The van der Waals surface area contributed by atoms with E-state index in [0.29, 0.717) is 4.90 Å². The fourth-order valence-corrected chi connectivity index (χ4v) is 2.51. The van der Waals surface area contributed by atoms with E-state index in [0.717, 1.165) is 6.07 Å². The number of alkyl halides is 3. The Hall–Kier alpha value is -0.750. The van der Waals surface area contributed by atoms with Gasteiger partial charge in [-0.15, -0.1) is 0 Å². The first-order valence-corrected chi connectivity index (χ1v) is 4.94. The van der Waals surface area contributed by atoms with Gasteiger partial charge in [0.1, 0.15) is 5.82 Å². The van der Waals surface area contributed by atoms with Crippen LogP contribution in [-0.2, 0) is 12.7 Å². The summed E-state index contributed by atoms with van der Waals surface area (Å²) in [6.45, 7) is 0.118. The third-order valence-electron chi connectivity index (χ3n) is 2.14. The van der Waals surface area contributed by atoms with Crippen LogP contribution >= 0.6 is 11.9 Å². The van der Waals surface area contributed by atoms with E-state index in [1.807, 2.05) is 0 Å². The summed E-state index contributed by atoms with van der Waals surface area (Å²) < 4.78 is 52.4. The molecule has 0 aromatic heterocycles. The molecule has 1 aromatic carbocycles. The topological polar surface area (TPSA) is 3.24 Å². The highest BCUT2D eigenvalue weighted by atomic mass is 32.2. The lowest BCUT2D eigenvalue weighted by Crippen LogP contribution is -2.13. The quantitative estimate of drug-likeness (QED) is 0.503. The summed E-state index contributed by atoms with van der Waals surface area (Å²) in [5.41, 5.74) is -1.09. The summed E-state index contributed by atoms with van der Waals surface area (Å²) in [7, 11) is 1.67. The zero-order chi connectivity index (χ0) is 11.2. The molecule has 0 fully saturated rings. The predicted molar refractivity (Wildman–Crippen MR) is 48.7 cm³/mol. The lowest BCUT2D eigenvalue weighted by atomic mass is 10.1. The van der Waals surface area contributed by atoms with Gasteiger partial charge in [0.2, 0.25) is 0 Å². The van der Waals surface area contributed by atoms with Gasteiger partial charge < -0.3 is 0 Å². The Labute approximate surface area is 88.2 Å². The van der Waals surface area contributed by atoms with E-state index in [2.05, 4.69) is 0 Å². The molecule has 82 valence electrons. The van der Waals surface area contributed by atoms with Crippen molar-refractivity contribution >= 4 is 11.9 Å². The molecule has 0 N–H and O–H groups in total. The Bertz CT molecular complexity index is 402. The molecule has 0 saturated carbocycles. The van der Waals surface area contributed by atoms with Crippen LogP contribution in [0.15, 0.2) is 17.0 Å². The Morgan fingerprint density at radius 1 is 1.33 bits per heavy atom. The van der Waals surface area contributed by atoms with Crippen LogP contribution < -0.4 is 0 Å². The van der Waals surface area contributed by atoms with Crippen molar-refractivity contribution in [1.29, 1.82) is 0 Å². The molecular weight excluding hydrogens is 230 g/mol. The van der Waals surface area contributed by atoms with Gasteiger partial charge in [-0.2, -0.15) is 13.2 Å². The number of hydrogen-bond donors (Lipinski definition) is 0. The number of rotatable bonds is 0. The standard InChI is InChI=1S/C9H7F4NS/c1-14-4-5-7(15-14)3-2-6(10)8(5)9(11,12)13/h2-3H,4H2,1H3. The molecule has 2 rings (SSSR count). The molecule has 0 amide bonds. The van der Waals surface area contributed by atoms with Crippen molar-refractivity contribution in [3.05, 3.63) is 29.1 Å². The highest BCUT2D eigenvalue weighted by Gasteiger charge is 2.39. The van der Waals surface area contributed by atoms with Crippen LogP contribution in [0.25, 0.3) is 0 Å². The normalized spacial score (nSPS) is 16.9. The number of nitrogens with zero attached hydrogens (tertiary/aromatic N) is 1. The van der Waals surface area contributed by atoms with Gasteiger partial charge >= 0.3 is 6.18 Å². The van der Waals surface area contributed by atoms with Gasteiger partial charge in [0.15, 0.2) is 0 Å². The molecule has 1 heterocycles. The summed E-state index contributed by atoms with van der Waals surface area (Å²) in [5, 5.41) is 0. The molecule has 1 aromatic rings. The van der Waals surface area contributed by atoms with Crippen LogP contribution in [-0.4, -0.2) is 11.4 Å². The van der Waals surface area contributed by atoms with Gasteiger partial charge in [0.25, 0.3) is 0 Å². The molecule has 0 spiro atoms. The highest BCUT2D eigenvalue weighted by molar-refractivity contribution is 7.97. The van der Waals surface area contributed by atoms with E-state index in [9.17, 15) is 17.6 Å². The minimum Gasteiger partial charge on any atom is -0.245 e. The maximum Gasteiger partial charge on any atom is 0.419 e. The van der Waals surface area contributed by atoms with Gasteiger partial charge in [-0.1, -0.05) is 0 Å². The third kappa shape index (κ3) is 1.83. The second-order valence-electron chi connectivity index (χ2n) is 3.27. The largest absolute Gasteiger partial charge is 0.419 e. The lowest BCUT2D eigenvalue weighted by molar-refractivity contribution is -0.140. The van der Waals surface area contributed by atoms with Crippen LogP contribution in [0.5, 0.6) is 0 Å². The van der Waals surface area contributed by atoms with E-state index < -0.39 is 17.6 Å². The maximum absolute atomic E-state index is 13.1. The molecule has 0 atom stereocenters. The molecule has 0 aliphatic carbocycles. The summed E-state index contributed by atoms with van der Waals surface area (Å²) in [5.74, 6) is -1.20. The number of hydrogen-bond acceptors (Lipinski definition) is 2. The van der Waals surface area contributed by atoms with Gasteiger partial charge in [-0.3, -0.25) is 0 Å². The van der Waals surface area contributed by atoms with Crippen molar-refractivity contribution in [3.63, 3.8) is 0 Å². The summed E-state index contributed by atoms with van der Waals surface area (Å²) in [6, 6.07) is 2.25. The molecular formula is C9H7F4NS. The van der Waals surface area contributed by atoms with E-state index in [-0.39, 0.29) is 12.1 Å². The van der Waals surface area contributed by atoms with Gasteiger partial charge in [-0.25, -0.2) is 8.70 Å². The van der Waals surface area contributed by atoms with E-state index in [1.165, 1.54) is 18.0 Å². The van der Waals surface area contributed by atoms with E-state index >= 15 is 0 Å². The fourth-order valence-electron chi connectivity index (χ4n) is 1.57. The first kappa shape index (κ1) is 10.8. The fraction of sp³-hybridized carbons (Fsp3) is 0.333. The Kier molecular flexibility index (Phi) is 2.42. The molecule has 1 aliphatic rings. The number of benzene rings is 1. The highest BCUT2D eigenvalue weighted by Crippen LogP contribution is 2.43. The number of fused-ring (bicyclic) bond motifs is 1. The summed E-state index contributed by atoms with van der Waals surface area (Å²) >= 11 is 1.20. The molecule has 1 aliphatic heterocycles. The third-order valence-corrected chi connectivity index (χ3v) is 3.16. The number of halogens is 4. The molecule has 0 radical (unpaired) electrons. The zero-order valence-electron chi connectivity index (χ0n) is 7.73. The van der Waals surface area contributed by atoms with Crippen molar-refractivity contribution in [2.24, 2.45) is 0 Å². The molecule has 0 bridgehead atoms. The summed E-state index contributed by atoms with van der Waals surface area (Å²) in [6.07, 6.45) is -4.62. The van der Waals surface area contributed by atoms with Crippen LogP contribution in [0.1, 0.15) is 11.1 Å². The first-order valence-electron chi connectivity index (χ1n) is 4.17. The molecule has 0 saturated heterocycles. The van der Waals surface area contributed by atoms with Crippen molar-refractivity contribution < 1.29 is 17.6 Å². The van der Waals surface area contributed by atoms with Crippen LogP contribution in [0.2, 0.25) is 0 Å². The van der Waals surface area contributed by atoms with Crippen molar-refractivity contribution in [3.8, 4) is 0 Å². The van der Waals surface area contributed by atoms with Crippen LogP contribution in [0.4, 0.5) is 17.6 Å². The molecule has 0 unspecified atom stereocenters. The SMILES string of the molecule is CN1Cc2c(ccc(F)c2C(F)(F)F)S1. The Morgan fingerprint density at radius 3 is 2.60 bits per heavy atom. The van der Waals surface area contributed by atoms with Gasteiger partial charge in [0.05, 0.1) is 5.56 Å². The molecule has 1 nitrogen and oxygen atoms in total. The summed E-state index contributed by atoms with van der Waals surface area (Å²) in [4.78, 5) is 0.478. The molecule has 6 heteroatoms. The minimum atomic E-state index is -4.62. The second kappa shape index (κ2) is 3.38. The zero-order valence-corrected chi connectivity index (χ0v) is 8.55. The average molecular weight is 237 g/mol. The van der Waals surface area contributed by atoms with E-state index in [4.69, 9.17) is 0 Å². The Morgan fingerprint density at radius 2 is 2.00 bits per heavy atom. The maximum atomic E-state index is 13.1. The van der Waals surface area contributed by atoms with Crippen LogP contribution in [0.3, 0.4) is 0 Å². The monoisotopic (exact) mass is 237 g/mol. The van der Waals surface area contributed by atoms with Crippen molar-refractivity contribution in [2.45, 2.75) is 17.6 Å². The molecule has 15 heavy (non-hydrogen) atoms. The second-order valence-corrected chi connectivity index (χ2v) is 4.52. The smallest absolute Gasteiger partial charge is 0.245 e. The lowest BCUT2D eigenvalue weighted by Gasteiger charge is -2.11. The van der Waals surface area contributed by atoms with Crippen LogP contribution in [0, 0.1) is 5.82 Å². The van der Waals surface area contributed by atoms with Gasteiger partial charge in [-0.05, 0) is 36.7 Å². The van der Waals surface area contributed by atoms with Crippen molar-refractivity contribution in [1.82, 2.24) is 4.31 Å². The average Bonchev–Trinajstić information content (AvgIpc) is 2.41.